The predicted molar refractivity (Wildman–Crippen MR) is 72.6 cm³/mol. The quantitative estimate of drug-likeness (QED) is 0.839. The normalized spacial score (nSPS) is 9.63. The molecule has 4 heteroatoms. The zero-order valence-electron chi connectivity index (χ0n) is 10.4. The van der Waals surface area contributed by atoms with E-state index in [1.165, 1.54) is 0 Å². The summed E-state index contributed by atoms with van der Waals surface area (Å²) >= 11 is 0. The van der Waals surface area contributed by atoms with Gasteiger partial charge in [-0.05, 0) is 24.3 Å². The second kappa shape index (κ2) is 6.31. The summed E-state index contributed by atoms with van der Waals surface area (Å²) < 4.78 is 0. The van der Waals surface area contributed by atoms with Crippen molar-refractivity contribution in [3.63, 3.8) is 0 Å². The van der Waals surface area contributed by atoms with Gasteiger partial charge in [0, 0.05) is 18.4 Å². The molecule has 2 rings (SSSR count). The van der Waals surface area contributed by atoms with Crippen LogP contribution < -0.4 is 4.90 Å². The van der Waals surface area contributed by atoms with Crippen LogP contribution >= 0.6 is 0 Å². The van der Waals surface area contributed by atoms with Gasteiger partial charge >= 0.3 is 0 Å². The number of hydrogen-bond acceptors (Lipinski definition) is 3. The minimum atomic E-state index is -0.193. The van der Waals surface area contributed by atoms with Gasteiger partial charge in [-0.1, -0.05) is 24.3 Å². The third-order valence-corrected chi connectivity index (χ3v) is 2.64. The van der Waals surface area contributed by atoms with Crippen LogP contribution in [0.5, 0.6) is 0 Å². The van der Waals surface area contributed by atoms with Crippen LogP contribution in [0.25, 0.3) is 0 Å². The highest BCUT2D eigenvalue weighted by Crippen LogP contribution is 2.16. The zero-order valence-corrected chi connectivity index (χ0v) is 10.4. The van der Waals surface area contributed by atoms with Gasteiger partial charge < -0.3 is 4.90 Å². The maximum atomic E-state index is 12.4. The number of nitrogens with zero attached hydrogens (tertiary/aromatic N) is 3. The number of amides is 1. The van der Waals surface area contributed by atoms with Gasteiger partial charge in [0.25, 0.3) is 5.91 Å². The molecule has 0 fully saturated rings. The van der Waals surface area contributed by atoms with Crippen molar-refractivity contribution in [3.8, 4) is 6.07 Å². The lowest BCUT2D eigenvalue weighted by molar-refractivity contribution is 0.0982. The minimum Gasteiger partial charge on any atom is -0.306 e. The molecule has 1 heterocycles. The molecule has 0 aliphatic heterocycles. The SMILES string of the molecule is N#CCCN(C(=O)c1ccccn1)c1ccccc1. The van der Waals surface area contributed by atoms with Crippen molar-refractivity contribution in [1.82, 2.24) is 4.98 Å². The van der Waals surface area contributed by atoms with Crippen molar-refractivity contribution in [1.29, 1.82) is 5.26 Å². The first-order valence-electron chi connectivity index (χ1n) is 5.98. The molecular formula is C15H13N3O. The molecule has 0 aliphatic carbocycles. The number of anilines is 1. The molecule has 0 bridgehead atoms. The summed E-state index contributed by atoms with van der Waals surface area (Å²) in [7, 11) is 0. The lowest BCUT2D eigenvalue weighted by Gasteiger charge is -2.21. The molecule has 1 aromatic carbocycles. The zero-order chi connectivity index (χ0) is 13.5. The largest absolute Gasteiger partial charge is 0.306 e. The average Bonchev–Trinajstić information content (AvgIpc) is 2.49. The van der Waals surface area contributed by atoms with Crippen LogP contribution in [0.15, 0.2) is 54.7 Å². The van der Waals surface area contributed by atoms with Crippen LogP contribution in [-0.4, -0.2) is 17.4 Å². The molecule has 94 valence electrons. The molecule has 2 aromatic rings. The van der Waals surface area contributed by atoms with E-state index < -0.39 is 0 Å². The topological polar surface area (TPSA) is 57.0 Å². The van der Waals surface area contributed by atoms with E-state index in [1.54, 1.807) is 29.3 Å². The summed E-state index contributed by atoms with van der Waals surface area (Å²) in [6.45, 7) is 0.357. The molecule has 0 N–H and O–H groups in total. The van der Waals surface area contributed by atoms with Gasteiger partial charge in [-0.3, -0.25) is 9.78 Å². The van der Waals surface area contributed by atoms with E-state index in [-0.39, 0.29) is 12.3 Å². The van der Waals surface area contributed by atoms with Gasteiger partial charge in [0.2, 0.25) is 0 Å². The molecule has 0 spiro atoms. The third-order valence-electron chi connectivity index (χ3n) is 2.64. The van der Waals surface area contributed by atoms with E-state index in [9.17, 15) is 4.79 Å². The molecule has 19 heavy (non-hydrogen) atoms. The highest BCUT2D eigenvalue weighted by Gasteiger charge is 2.17. The standard InChI is InChI=1S/C15H13N3O/c16-10-6-12-18(13-7-2-1-3-8-13)15(19)14-9-4-5-11-17-14/h1-5,7-9,11H,6,12H2. The Balaban J connectivity index is 2.29. The fraction of sp³-hybridized carbons (Fsp3) is 0.133. The number of hydrogen-bond donors (Lipinski definition) is 0. The minimum absolute atomic E-state index is 0.193. The first-order chi connectivity index (χ1) is 9.33. The first-order valence-corrected chi connectivity index (χ1v) is 5.98. The van der Waals surface area contributed by atoms with Gasteiger partial charge in [-0.15, -0.1) is 0 Å². The summed E-state index contributed by atoms with van der Waals surface area (Å²) in [5, 5.41) is 8.71. The van der Waals surface area contributed by atoms with Crippen LogP contribution in [0.4, 0.5) is 5.69 Å². The molecule has 0 radical (unpaired) electrons. The van der Waals surface area contributed by atoms with Gasteiger partial charge in [0.05, 0.1) is 12.5 Å². The highest BCUT2D eigenvalue weighted by atomic mass is 16.2. The van der Waals surface area contributed by atoms with Gasteiger partial charge in [-0.25, -0.2) is 0 Å². The molecule has 1 amide bonds. The van der Waals surface area contributed by atoms with Gasteiger partial charge in [0.1, 0.15) is 5.69 Å². The molecule has 0 unspecified atom stereocenters. The maximum absolute atomic E-state index is 12.4. The fourth-order valence-electron chi connectivity index (χ4n) is 1.75. The van der Waals surface area contributed by atoms with E-state index in [2.05, 4.69) is 11.1 Å². The Bertz CT molecular complexity index is 575. The Kier molecular flexibility index (Phi) is 4.25. The number of nitriles is 1. The first kappa shape index (κ1) is 12.8. The fourth-order valence-corrected chi connectivity index (χ4v) is 1.75. The van der Waals surface area contributed by atoms with E-state index in [0.29, 0.717) is 12.2 Å². The number of carbonyl (C=O) groups excluding carboxylic acids is 1. The number of para-hydroxylation sites is 1. The Labute approximate surface area is 111 Å². The van der Waals surface area contributed by atoms with Crippen LogP contribution in [-0.2, 0) is 0 Å². The molecule has 0 atom stereocenters. The number of carbonyl (C=O) groups is 1. The average molecular weight is 251 g/mol. The number of pyridine rings is 1. The van der Waals surface area contributed by atoms with Crippen molar-refractivity contribution < 1.29 is 4.79 Å². The van der Waals surface area contributed by atoms with E-state index >= 15 is 0 Å². The smallest absolute Gasteiger partial charge is 0.276 e. The maximum Gasteiger partial charge on any atom is 0.276 e. The lowest BCUT2D eigenvalue weighted by Crippen LogP contribution is -2.32. The second-order valence-electron chi connectivity index (χ2n) is 3.92. The van der Waals surface area contributed by atoms with Crippen molar-refractivity contribution in [2.24, 2.45) is 0 Å². The number of benzene rings is 1. The summed E-state index contributed by atoms with van der Waals surface area (Å²) in [4.78, 5) is 18.0. The molecule has 0 saturated carbocycles. The summed E-state index contributed by atoms with van der Waals surface area (Å²) in [5.74, 6) is -0.193. The molecule has 4 nitrogen and oxygen atoms in total. The molecule has 1 aromatic heterocycles. The summed E-state index contributed by atoms with van der Waals surface area (Å²) in [6.07, 6.45) is 1.87. The van der Waals surface area contributed by atoms with E-state index in [0.717, 1.165) is 5.69 Å². The molecular weight excluding hydrogens is 238 g/mol. The van der Waals surface area contributed by atoms with Crippen molar-refractivity contribution in [2.45, 2.75) is 6.42 Å². The Morgan fingerprint density at radius 3 is 2.53 bits per heavy atom. The van der Waals surface area contributed by atoms with Crippen LogP contribution in [0.1, 0.15) is 16.9 Å². The van der Waals surface area contributed by atoms with Crippen LogP contribution in [0.2, 0.25) is 0 Å². The van der Waals surface area contributed by atoms with Crippen molar-refractivity contribution in [3.05, 3.63) is 60.4 Å². The van der Waals surface area contributed by atoms with Gasteiger partial charge in [-0.2, -0.15) is 5.26 Å². The lowest BCUT2D eigenvalue weighted by atomic mass is 10.2. The summed E-state index contributed by atoms with van der Waals surface area (Å²) in [6, 6.07) is 16.6. The second-order valence-corrected chi connectivity index (χ2v) is 3.92. The Hall–Kier alpha value is -2.67. The third kappa shape index (κ3) is 3.17. The monoisotopic (exact) mass is 251 g/mol. The number of aromatic nitrogens is 1. The van der Waals surface area contributed by atoms with Gasteiger partial charge in [0.15, 0.2) is 0 Å². The summed E-state index contributed by atoms with van der Waals surface area (Å²) in [5.41, 5.74) is 1.15. The van der Waals surface area contributed by atoms with E-state index in [1.807, 2.05) is 30.3 Å². The Morgan fingerprint density at radius 1 is 1.16 bits per heavy atom. The van der Waals surface area contributed by atoms with Crippen LogP contribution in [0, 0.1) is 11.3 Å². The predicted octanol–water partition coefficient (Wildman–Crippen LogP) is 2.64. The molecule has 0 aliphatic rings. The highest BCUT2D eigenvalue weighted by molar-refractivity contribution is 6.04. The number of rotatable bonds is 4. The van der Waals surface area contributed by atoms with Crippen molar-refractivity contribution in [2.75, 3.05) is 11.4 Å². The molecule has 0 saturated heterocycles. The van der Waals surface area contributed by atoms with Crippen LogP contribution in [0.3, 0.4) is 0 Å². The van der Waals surface area contributed by atoms with Crippen molar-refractivity contribution >= 4 is 11.6 Å². The Morgan fingerprint density at radius 2 is 1.89 bits per heavy atom. The van der Waals surface area contributed by atoms with E-state index in [4.69, 9.17) is 5.26 Å².